The zero-order valence-corrected chi connectivity index (χ0v) is 10.5. The zero-order chi connectivity index (χ0) is 12.5. The highest BCUT2D eigenvalue weighted by molar-refractivity contribution is 5.46. The number of aromatic hydroxyl groups is 1. The predicted molar refractivity (Wildman–Crippen MR) is 69.9 cm³/mol. The van der Waals surface area contributed by atoms with Gasteiger partial charge in [0.15, 0.2) is 11.6 Å². The summed E-state index contributed by atoms with van der Waals surface area (Å²) in [4.78, 5) is 0. The number of anilines is 1. The predicted octanol–water partition coefficient (Wildman–Crippen LogP) is 4.30. The summed E-state index contributed by atoms with van der Waals surface area (Å²) in [5.41, 5.74) is 0.730. The third-order valence-corrected chi connectivity index (χ3v) is 2.81. The van der Waals surface area contributed by atoms with Crippen LogP contribution >= 0.6 is 0 Å². The Kier molecular flexibility index (Phi) is 6.45. The van der Waals surface area contributed by atoms with Gasteiger partial charge in [-0.3, -0.25) is 0 Å². The molecule has 0 unspecified atom stereocenters. The van der Waals surface area contributed by atoms with E-state index in [1.54, 1.807) is 6.07 Å². The van der Waals surface area contributed by atoms with Crippen LogP contribution in [0.3, 0.4) is 0 Å². The average Bonchev–Trinajstić information content (AvgIpc) is 2.32. The van der Waals surface area contributed by atoms with Crippen molar-refractivity contribution in [2.75, 3.05) is 11.9 Å². The molecule has 0 aliphatic rings. The van der Waals surface area contributed by atoms with Gasteiger partial charge in [0.2, 0.25) is 0 Å². The molecule has 0 atom stereocenters. The summed E-state index contributed by atoms with van der Waals surface area (Å²) in [5, 5.41) is 12.2. The fourth-order valence-corrected chi connectivity index (χ4v) is 1.75. The summed E-state index contributed by atoms with van der Waals surface area (Å²) in [6, 6.07) is 4.39. The number of rotatable bonds is 8. The lowest BCUT2D eigenvalue weighted by Gasteiger charge is -2.06. The smallest absolute Gasteiger partial charge is 0.166 e. The van der Waals surface area contributed by atoms with Crippen LogP contribution in [0.4, 0.5) is 10.1 Å². The molecule has 0 heterocycles. The topological polar surface area (TPSA) is 32.3 Å². The van der Waals surface area contributed by atoms with E-state index in [4.69, 9.17) is 5.11 Å². The number of unbranched alkanes of at least 4 members (excludes halogenated alkanes) is 5. The molecule has 0 fully saturated rings. The Hall–Kier alpha value is -1.25. The highest BCUT2D eigenvalue weighted by Gasteiger charge is 2.00. The van der Waals surface area contributed by atoms with Gasteiger partial charge in [-0.15, -0.1) is 0 Å². The van der Waals surface area contributed by atoms with Gasteiger partial charge >= 0.3 is 0 Å². The van der Waals surface area contributed by atoms with Gasteiger partial charge in [0.05, 0.1) is 0 Å². The molecule has 1 aromatic carbocycles. The molecule has 1 rings (SSSR count). The van der Waals surface area contributed by atoms with Crippen LogP contribution in [0.5, 0.6) is 5.75 Å². The van der Waals surface area contributed by atoms with E-state index in [2.05, 4.69) is 12.2 Å². The number of halogens is 1. The molecule has 0 radical (unpaired) electrons. The van der Waals surface area contributed by atoms with Crippen LogP contribution in [-0.4, -0.2) is 11.7 Å². The van der Waals surface area contributed by atoms with Gasteiger partial charge in [-0.2, -0.15) is 0 Å². The number of nitrogens with one attached hydrogen (secondary N) is 1. The number of phenols is 1. The quantitative estimate of drug-likeness (QED) is 0.523. The molecule has 2 nitrogen and oxygen atoms in total. The van der Waals surface area contributed by atoms with Crippen molar-refractivity contribution in [3.63, 3.8) is 0 Å². The Labute approximate surface area is 103 Å². The van der Waals surface area contributed by atoms with Crippen LogP contribution < -0.4 is 5.32 Å². The van der Waals surface area contributed by atoms with Gasteiger partial charge < -0.3 is 10.4 Å². The lowest BCUT2D eigenvalue weighted by molar-refractivity contribution is 0.432. The lowest BCUT2D eigenvalue weighted by Crippen LogP contribution is -2.01. The molecule has 0 saturated carbocycles. The van der Waals surface area contributed by atoms with Gasteiger partial charge in [0.1, 0.15) is 0 Å². The molecular weight excluding hydrogens is 217 g/mol. The summed E-state index contributed by atoms with van der Waals surface area (Å²) in [6.07, 6.45) is 7.49. The number of phenolic OH excluding ortho intramolecular Hbond substituents is 1. The second-order valence-electron chi connectivity index (χ2n) is 4.36. The second-order valence-corrected chi connectivity index (χ2v) is 4.36. The summed E-state index contributed by atoms with van der Waals surface area (Å²) < 4.78 is 13.0. The van der Waals surface area contributed by atoms with Crippen molar-refractivity contribution in [3.8, 4) is 5.75 Å². The number of hydrogen-bond acceptors (Lipinski definition) is 2. The first-order valence-electron chi connectivity index (χ1n) is 6.46. The summed E-state index contributed by atoms with van der Waals surface area (Å²) in [6.45, 7) is 3.07. The first kappa shape index (κ1) is 13.8. The molecule has 96 valence electrons. The third-order valence-electron chi connectivity index (χ3n) is 2.81. The van der Waals surface area contributed by atoms with E-state index < -0.39 is 5.82 Å². The van der Waals surface area contributed by atoms with E-state index in [1.165, 1.54) is 44.2 Å². The van der Waals surface area contributed by atoms with Gasteiger partial charge in [0.25, 0.3) is 0 Å². The molecule has 0 spiro atoms. The fourth-order valence-electron chi connectivity index (χ4n) is 1.75. The van der Waals surface area contributed by atoms with Crippen LogP contribution in [0.25, 0.3) is 0 Å². The normalized spacial score (nSPS) is 10.5. The van der Waals surface area contributed by atoms with Gasteiger partial charge in [-0.05, 0) is 18.6 Å². The SMILES string of the molecule is CCCCCCCCNc1ccc(O)c(F)c1. The van der Waals surface area contributed by atoms with Crippen LogP contribution in [0.15, 0.2) is 18.2 Å². The molecule has 0 aromatic heterocycles. The van der Waals surface area contributed by atoms with E-state index in [-0.39, 0.29) is 5.75 Å². The molecule has 0 saturated heterocycles. The molecule has 0 bridgehead atoms. The maximum absolute atomic E-state index is 13.0. The third kappa shape index (κ3) is 5.57. The molecule has 1 aromatic rings. The maximum Gasteiger partial charge on any atom is 0.166 e. The zero-order valence-electron chi connectivity index (χ0n) is 10.5. The molecular formula is C14H22FNO. The Morgan fingerprint density at radius 3 is 2.53 bits per heavy atom. The van der Waals surface area contributed by atoms with Crippen LogP contribution in [0.1, 0.15) is 45.4 Å². The van der Waals surface area contributed by atoms with Gasteiger partial charge in [-0.1, -0.05) is 39.0 Å². The van der Waals surface area contributed by atoms with E-state index in [9.17, 15) is 4.39 Å². The Morgan fingerprint density at radius 2 is 1.82 bits per heavy atom. The second kappa shape index (κ2) is 7.93. The van der Waals surface area contributed by atoms with Crippen LogP contribution in [0, 0.1) is 5.82 Å². The minimum absolute atomic E-state index is 0.296. The molecule has 2 N–H and O–H groups in total. The molecule has 0 amide bonds. The largest absolute Gasteiger partial charge is 0.505 e. The summed E-state index contributed by atoms with van der Waals surface area (Å²) >= 11 is 0. The monoisotopic (exact) mass is 239 g/mol. The first-order chi connectivity index (χ1) is 8.24. The number of benzene rings is 1. The van der Waals surface area contributed by atoms with Crippen molar-refractivity contribution in [1.29, 1.82) is 0 Å². The van der Waals surface area contributed by atoms with Crippen molar-refractivity contribution < 1.29 is 9.50 Å². The fraction of sp³-hybridized carbons (Fsp3) is 0.571. The summed E-state index contributed by atoms with van der Waals surface area (Å²) in [7, 11) is 0. The summed E-state index contributed by atoms with van der Waals surface area (Å²) in [5.74, 6) is -0.868. The van der Waals surface area contributed by atoms with E-state index in [0.29, 0.717) is 0 Å². The van der Waals surface area contributed by atoms with Gasteiger partial charge in [-0.25, -0.2) is 4.39 Å². The average molecular weight is 239 g/mol. The maximum atomic E-state index is 13.0. The van der Waals surface area contributed by atoms with Crippen LogP contribution in [0.2, 0.25) is 0 Å². The Balaban J connectivity index is 2.11. The highest BCUT2D eigenvalue weighted by atomic mass is 19.1. The minimum atomic E-state index is -0.571. The first-order valence-corrected chi connectivity index (χ1v) is 6.46. The molecule has 0 aliphatic carbocycles. The van der Waals surface area contributed by atoms with Crippen LogP contribution in [-0.2, 0) is 0 Å². The highest BCUT2D eigenvalue weighted by Crippen LogP contribution is 2.19. The Bertz CT molecular complexity index is 328. The van der Waals surface area contributed by atoms with E-state index in [1.807, 2.05) is 0 Å². The van der Waals surface area contributed by atoms with Crippen molar-refractivity contribution >= 4 is 5.69 Å². The van der Waals surface area contributed by atoms with E-state index in [0.717, 1.165) is 18.7 Å². The van der Waals surface area contributed by atoms with E-state index >= 15 is 0 Å². The Morgan fingerprint density at radius 1 is 1.12 bits per heavy atom. The molecule has 0 aliphatic heterocycles. The molecule has 17 heavy (non-hydrogen) atoms. The standard InChI is InChI=1S/C14H22FNO/c1-2-3-4-5-6-7-10-16-12-8-9-14(17)13(15)11-12/h8-9,11,16-17H,2-7,10H2,1H3. The van der Waals surface area contributed by atoms with Crippen molar-refractivity contribution in [2.24, 2.45) is 0 Å². The van der Waals surface area contributed by atoms with Gasteiger partial charge in [0, 0.05) is 18.3 Å². The lowest BCUT2D eigenvalue weighted by atomic mass is 10.1. The molecule has 3 heteroatoms. The number of hydrogen-bond donors (Lipinski definition) is 2. The van der Waals surface area contributed by atoms with Crippen molar-refractivity contribution in [2.45, 2.75) is 45.4 Å². The van der Waals surface area contributed by atoms with Crippen molar-refractivity contribution in [3.05, 3.63) is 24.0 Å². The minimum Gasteiger partial charge on any atom is -0.505 e. The van der Waals surface area contributed by atoms with Crippen molar-refractivity contribution in [1.82, 2.24) is 0 Å².